The smallest absolute Gasteiger partial charge is 0.262 e. The average molecular weight is 299 g/mol. The lowest BCUT2D eigenvalue weighted by Crippen LogP contribution is -2.35. The molecule has 112 valence electrons. The van der Waals surface area contributed by atoms with Gasteiger partial charge in [-0.1, -0.05) is 18.5 Å². The first-order valence-corrected chi connectivity index (χ1v) is 7.15. The number of hydrogen-bond acceptors (Lipinski definition) is 3. The lowest BCUT2D eigenvalue weighted by atomic mass is 10.1. The molecule has 0 aromatic heterocycles. The summed E-state index contributed by atoms with van der Waals surface area (Å²) in [4.78, 5) is 13.4. The maximum atomic E-state index is 11.9. The second-order valence-electron chi connectivity index (χ2n) is 4.95. The van der Waals surface area contributed by atoms with Crippen molar-refractivity contribution < 1.29 is 9.53 Å². The number of halogens is 1. The van der Waals surface area contributed by atoms with E-state index >= 15 is 0 Å². The van der Waals surface area contributed by atoms with E-state index in [-0.39, 0.29) is 11.9 Å². The number of ether oxygens (including phenoxy) is 1. The molecule has 1 aromatic carbocycles. The SMILES string of the molecule is CCNC(C)c1cc(Cl)ccc1OC(C)C(=O)N(C)C. The normalized spacial score (nSPS) is 13.7. The van der Waals surface area contributed by atoms with Crippen LogP contribution in [-0.4, -0.2) is 37.6 Å². The number of carbonyl (C=O) groups excluding carboxylic acids is 1. The van der Waals surface area contributed by atoms with Crippen molar-refractivity contribution in [3.8, 4) is 5.75 Å². The summed E-state index contributed by atoms with van der Waals surface area (Å²) in [6, 6.07) is 5.56. The zero-order valence-corrected chi connectivity index (χ0v) is 13.5. The first kappa shape index (κ1) is 16.8. The van der Waals surface area contributed by atoms with Crippen molar-refractivity contribution in [2.45, 2.75) is 32.9 Å². The molecule has 20 heavy (non-hydrogen) atoms. The van der Waals surface area contributed by atoms with Crippen molar-refractivity contribution in [3.63, 3.8) is 0 Å². The Morgan fingerprint density at radius 1 is 1.40 bits per heavy atom. The van der Waals surface area contributed by atoms with Gasteiger partial charge in [-0.2, -0.15) is 0 Å². The highest BCUT2D eigenvalue weighted by atomic mass is 35.5. The molecular formula is C15H23ClN2O2. The number of carbonyl (C=O) groups is 1. The molecule has 1 rings (SSSR count). The van der Waals surface area contributed by atoms with Gasteiger partial charge in [0.2, 0.25) is 0 Å². The first-order chi connectivity index (χ1) is 9.36. The predicted molar refractivity (Wildman–Crippen MR) is 82.3 cm³/mol. The Morgan fingerprint density at radius 2 is 2.05 bits per heavy atom. The average Bonchev–Trinajstić information content (AvgIpc) is 2.39. The van der Waals surface area contributed by atoms with E-state index in [0.717, 1.165) is 12.1 Å². The number of hydrogen-bond donors (Lipinski definition) is 1. The third kappa shape index (κ3) is 4.39. The van der Waals surface area contributed by atoms with E-state index in [0.29, 0.717) is 10.8 Å². The molecule has 0 heterocycles. The van der Waals surface area contributed by atoms with E-state index in [9.17, 15) is 4.79 Å². The molecule has 0 fully saturated rings. The summed E-state index contributed by atoms with van der Waals surface area (Å²) in [6.45, 7) is 6.68. The van der Waals surface area contributed by atoms with Crippen molar-refractivity contribution in [1.82, 2.24) is 10.2 Å². The van der Waals surface area contributed by atoms with Gasteiger partial charge >= 0.3 is 0 Å². The van der Waals surface area contributed by atoms with Gasteiger partial charge in [0.1, 0.15) is 5.75 Å². The predicted octanol–water partition coefficient (Wildman–Crippen LogP) is 2.87. The van der Waals surface area contributed by atoms with Gasteiger partial charge in [0.25, 0.3) is 5.91 Å². The monoisotopic (exact) mass is 298 g/mol. The van der Waals surface area contributed by atoms with Crippen LogP contribution >= 0.6 is 11.6 Å². The van der Waals surface area contributed by atoms with Crippen LogP contribution in [0.2, 0.25) is 5.02 Å². The lowest BCUT2D eigenvalue weighted by Gasteiger charge is -2.22. The summed E-state index contributed by atoms with van der Waals surface area (Å²) in [5.74, 6) is 0.618. The fourth-order valence-corrected chi connectivity index (χ4v) is 2.17. The second kappa shape index (κ2) is 7.50. The van der Waals surface area contributed by atoms with Crippen molar-refractivity contribution in [2.24, 2.45) is 0 Å². The molecule has 1 aromatic rings. The second-order valence-corrected chi connectivity index (χ2v) is 5.39. The number of nitrogens with one attached hydrogen (secondary N) is 1. The molecule has 2 unspecified atom stereocenters. The Kier molecular flexibility index (Phi) is 6.30. The van der Waals surface area contributed by atoms with Gasteiger partial charge in [-0.05, 0) is 38.6 Å². The molecule has 0 saturated heterocycles. The molecule has 5 heteroatoms. The zero-order chi connectivity index (χ0) is 15.3. The number of nitrogens with zero attached hydrogens (tertiary/aromatic N) is 1. The molecule has 4 nitrogen and oxygen atoms in total. The van der Waals surface area contributed by atoms with E-state index in [1.807, 2.05) is 26.0 Å². The van der Waals surface area contributed by atoms with Crippen LogP contribution in [0.4, 0.5) is 0 Å². The van der Waals surface area contributed by atoms with Gasteiger partial charge in [0.15, 0.2) is 6.10 Å². The van der Waals surface area contributed by atoms with Gasteiger partial charge in [-0.3, -0.25) is 4.79 Å². The number of likely N-dealkylation sites (N-methyl/N-ethyl adjacent to an activating group) is 1. The van der Waals surface area contributed by atoms with Gasteiger partial charge < -0.3 is 15.0 Å². The maximum absolute atomic E-state index is 11.9. The number of rotatable bonds is 6. The molecule has 0 spiro atoms. The van der Waals surface area contributed by atoms with Crippen LogP contribution in [-0.2, 0) is 4.79 Å². The van der Waals surface area contributed by atoms with Crippen molar-refractivity contribution >= 4 is 17.5 Å². The molecular weight excluding hydrogens is 276 g/mol. The molecule has 0 aliphatic carbocycles. The Hall–Kier alpha value is -1.26. The summed E-state index contributed by atoms with van der Waals surface area (Å²) in [7, 11) is 3.43. The van der Waals surface area contributed by atoms with Crippen LogP contribution in [0.15, 0.2) is 18.2 Å². The van der Waals surface area contributed by atoms with E-state index in [2.05, 4.69) is 5.32 Å². The summed E-state index contributed by atoms with van der Waals surface area (Å²) < 4.78 is 5.80. The van der Waals surface area contributed by atoms with Crippen LogP contribution in [0.5, 0.6) is 5.75 Å². The van der Waals surface area contributed by atoms with Gasteiger partial charge in [-0.15, -0.1) is 0 Å². The van der Waals surface area contributed by atoms with Crippen LogP contribution in [0.1, 0.15) is 32.4 Å². The maximum Gasteiger partial charge on any atom is 0.262 e. The van der Waals surface area contributed by atoms with Gasteiger partial charge in [0.05, 0.1) is 0 Å². The van der Waals surface area contributed by atoms with E-state index < -0.39 is 6.10 Å². The molecule has 0 radical (unpaired) electrons. The van der Waals surface area contributed by atoms with Crippen molar-refractivity contribution in [2.75, 3.05) is 20.6 Å². The van der Waals surface area contributed by atoms with Crippen LogP contribution in [0, 0.1) is 0 Å². The summed E-state index contributed by atoms with van der Waals surface area (Å²) in [5, 5.41) is 3.98. The molecule has 0 bridgehead atoms. The molecule has 0 aliphatic heterocycles. The molecule has 0 saturated carbocycles. The van der Waals surface area contributed by atoms with Gasteiger partial charge in [0, 0.05) is 30.7 Å². The summed E-state index contributed by atoms with van der Waals surface area (Å²) in [6.07, 6.45) is -0.529. The third-order valence-electron chi connectivity index (χ3n) is 3.04. The van der Waals surface area contributed by atoms with E-state index in [1.165, 1.54) is 4.90 Å². The highest BCUT2D eigenvalue weighted by Crippen LogP contribution is 2.29. The van der Waals surface area contributed by atoms with Crippen molar-refractivity contribution in [1.29, 1.82) is 0 Å². The molecule has 2 atom stereocenters. The third-order valence-corrected chi connectivity index (χ3v) is 3.28. The quantitative estimate of drug-likeness (QED) is 0.878. The fourth-order valence-electron chi connectivity index (χ4n) is 1.99. The number of amides is 1. The zero-order valence-electron chi connectivity index (χ0n) is 12.7. The molecule has 1 amide bonds. The van der Waals surface area contributed by atoms with E-state index in [1.54, 1.807) is 27.1 Å². The Balaban J connectivity index is 2.97. The fraction of sp³-hybridized carbons (Fsp3) is 0.533. The van der Waals surface area contributed by atoms with Crippen LogP contribution in [0.3, 0.4) is 0 Å². The minimum absolute atomic E-state index is 0.0676. The van der Waals surface area contributed by atoms with Crippen molar-refractivity contribution in [3.05, 3.63) is 28.8 Å². The Labute approximate surface area is 126 Å². The Morgan fingerprint density at radius 3 is 2.60 bits per heavy atom. The topological polar surface area (TPSA) is 41.6 Å². The lowest BCUT2D eigenvalue weighted by molar-refractivity contribution is -0.135. The minimum Gasteiger partial charge on any atom is -0.481 e. The van der Waals surface area contributed by atoms with Crippen LogP contribution < -0.4 is 10.1 Å². The highest BCUT2D eigenvalue weighted by molar-refractivity contribution is 6.30. The summed E-state index contributed by atoms with van der Waals surface area (Å²) >= 11 is 6.05. The minimum atomic E-state index is -0.529. The molecule has 1 N–H and O–H groups in total. The largest absolute Gasteiger partial charge is 0.481 e. The van der Waals surface area contributed by atoms with Crippen LogP contribution in [0.25, 0.3) is 0 Å². The van der Waals surface area contributed by atoms with E-state index in [4.69, 9.17) is 16.3 Å². The Bertz CT molecular complexity index is 463. The standard InChI is InChI=1S/C15H23ClN2O2/c1-6-17-10(2)13-9-12(16)7-8-14(13)20-11(3)15(19)18(4)5/h7-11,17H,6H2,1-5H3. The molecule has 0 aliphatic rings. The first-order valence-electron chi connectivity index (χ1n) is 6.77. The summed E-state index contributed by atoms with van der Waals surface area (Å²) in [5.41, 5.74) is 0.956. The number of benzene rings is 1. The van der Waals surface area contributed by atoms with Gasteiger partial charge in [-0.25, -0.2) is 0 Å². The highest BCUT2D eigenvalue weighted by Gasteiger charge is 2.19.